The van der Waals surface area contributed by atoms with Gasteiger partial charge in [-0.1, -0.05) is 29.8 Å². The summed E-state index contributed by atoms with van der Waals surface area (Å²) >= 11 is 0. The van der Waals surface area contributed by atoms with Gasteiger partial charge in [0, 0.05) is 19.7 Å². The molecular formula is C28H32FN3O6S. The Balaban J connectivity index is 2.06. The highest BCUT2D eigenvalue weighted by Gasteiger charge is 2.32. The molecule has 1 unspecified atom stereocenters. The third kappa shape index (κ3) is 6.85. The molecule has 0 spiro atoms. The second-order valence-electron chi connectivity index (χ2n) is 8.80. The highest BCUT2D eigenvalue weighted by Crippen LogP contribution is 2.32. The van der Waals surface area contributed by atoms with E-state index in [2.05, 4.69) is 5.32 Å². The number of halogens is 1. The van der Waals surface area contributed by atoms with Gasteiger partial charge in [-0.05, 0) is 55.8 Å². The molecule has 0 radical (unpaired) electrons. The Morgan fingerprint density at radius 2 is 1.56 bits per heavy atom. The molecule has 0 fully saturated rings. The number of hydrogen-bond donors (Lipinski definition) is 1. The number of likely N-dealkylation sites (N-methyl/N-ethyl adjacent to an activating group) is 1. The van der Waals surface area contributed by atoms with E-state index in [0.29, 0.717) is 11.3 Å². The average molecular weight is 558 g/mol. The normalized spacial score (nSPS) is 11.8. The van der Waals surface area contributed by atoms with Crippen LogP contribution in [0.2, 0.25) is 0 Å². The van der Waals surface area contributed by atoms with E-state index >= 15 is 0 Å². The van der Waals surface area contributed by atoms with Crippen LogP contribution in [0, 0.1) is 12.7 Å². The van der Waals surface area contributed by atoms with Gasteiger partial charge in [0.1, 0.15) is 18.4 Å². The number of aryl methyl sites for hydroxylation is 1. The van der Waals surface area contributed by atoms with Crippen molar-refractivity contribution in [3.63, 3.8) is 0 Å². The lowest BCUT2D eigenvalue weighted by molar-refractivity contribution is -0.139. The molecule has 0 aromatic heterocycles. The number of carbonyl (C=O) groups excluding carboxylic acids is 2. The van der Waals surface area contributed by atoms with Crippen molar-refractivity contribution in [2.24, 2.45) is 0 Å². The van der Waals surface area contributed by atoms with Crippen molar-refractivity contribution in [2.45, 2.75) is 31.3 Å². The van der Waals surface area contributed by atoms with Crippen LogP contribution in [0.3, 0.4) is 0 Å². The second-order valence-corrected chi connectivity index (χ2v) is 10.7. The first-order valence-electron chi connectivity index (χ1n) is 12.1. The molecule has 0 saturated heterocycles. The number of carbonyl (C=O) groups is 2. The highest BCUT2D eigenvalue weighted by molar-refractivity contribution is 7.92. The van der Waals surface area contributed by atoms with Gasteiger partial charge in [0.05, 0.1) is 24.8 Å². The summed E-state index contributed by atoms with van der Waals surface area (Å²) in [6.45, 7) is 2.77. The molecule has 0 bridgehead atoms. The maximum Gasteiger partial charge on any atom is 0.264 e. The first-order chi connectivity index (χ1) is 18.5. The Hall–Kier alpha value is -4.12. The number of nitrogens with zero attached hydrogens (tertiary/aromatic N) is 2. The quantitative estimate of drug-likeness (QED) is 0.387. The third-order valence-corrected chi connectivity index (χ3v) is 7.99. The van der Waals surface area contributed by atoms with Crippen LogP contribution in [-0.4, -0.2) is 59.0 Å². The van der Waals surface area contributed by atoms with Gasteiger partial charge < -0.3 is 19.7 Å². The van der Waals surface area contributed by atoms with Crippen molar-refractivity contribution in [3.05, 3.63) is 83.7 Å². The third-order valence-electron chi connectivity index (χ3n) is 6.22. The van der Waals surface area contributed by atoms with Crippen molar-refractivity contribution in [1.82, 2.24) is 10.2 Å². The fraction of sp³-hybridized carbons (Fsp3) is 0.286. The number of ether oxygens (including phenoxy) is 2. The molecule has 0 saturated carbocycles. The lowest BCUT2D eigenvalue weighted by Gasteiger charge is -2.32. The fourth-order valence-corrected chi connectivity index (χ4v) is 5.35. The Bertz CT molecular complexity index is 1410. The predicted molar refractivity (Wildman–Crippen MR) is 146 cm³/mol. The molecule has 0 aliphatic heterocycles. The Morgan fingerprint density at radius 3 is 2.13 bits per heavy atom. The van der Waals surface area contributed by atoms with E-state index in [1.54, 1.807) is 31.2 Å². The Labute approximate surface area is 228 Å². The lowest BCUT2D eigenvalue weighted by atomic mass is 10.1. The van der Waals surface area contributed by atoms with Crippen molar-refractivity contribution < 1.29 is 31.9 Å². The number of nitrogens with one attached hydrogen (secondary N) is 1. The average Bonchev–Trinajstić information content (AvgIpc) is 2.94. The smallest absolute Gasteiger partial charge is 0.264 e. The summed E-state index contributed by atoms with van der Waals surface area (Å²) in [5.41, 5.74) is 1.74. The second kappa shape index (κ2) is 12.6. The summed E-state index contributed by atoms with van der Waals surface area (Å²) in [4.78, 5) is 27.4. The standard InChI is InChI=1S/C28H32FN3O6S/c1-19-6-12-23(13-7-19)32(39(35,36)24-14-15-25(37-4)26(16-24)38-5)18-27(33)31(20(2)28(34)30-3)17-21-8-10-22(29)11-9-21/h6-16,20H,17-18H2,1-5H3,(H,30,34). The zero-order valence-corrected chi connectivity index (χ0v) is 23.3. The number of methoxy groups -OCH3 is 2. The van der Waals surface area contributed by atoms with Gasteiger partial charge in [0.2, 0.25) is 11.8 Å². The molecule has 39 heavy (non-hydrogen) atoms. The van der Waals surface area contributed by atoms with E-state index in [9.17, 15) is 22.4 Å². The van der Waals surface area contributed by atoms with Gasteiger partial charge in [-0.25, -0.2) is 12.8 Å². The van der Waals surface area contributed by atoms with E-state index in [4.69, 9.17) is 9.47 Å². The van der Waals surface area contributed by atoms with Crippen molar-refractivity contribution >= 4 is 27.5 Å². The lowest BCUT2D eigenvalue weighted by Crippen LogP contribution is -2.50. The van der Waals surface area contributed by atoms with Gasteiger partial charge in [-0.2, -0.15) is 0 Å². The molecule has 0 aliphatic carbocycles. The summed E-state index contributed by atoms with van der Waals surface area (Å²) in [6, 6.07) is 15.4. The number of amides is 2. The maximum atomic E-state index is 13.9. The summed E-state index contributed by atoms with van der Waals surface area (Å²) < 4.78 is 52.8. The topological polar surface area (TPSA) is 105 Å². The van der Waals surface area contributed by atoms with E-state index in [1.165, 1.54) is 68.6 Å². The van der Waals surface area contributed by atoms with E-state index < -0.39 is 40.2 Å². The molecule has 1 N–H and O–H groups in total. The van der Waals surface area contributed by atoms with Crippen LogP contribution in [0.1, 0.15) is 18.1 Å². The summed E-state index contributed by atoms with van der Waals surface area (Å²) in [5, 5.41) is 2.52. The monoisotopic (exact) mass is 557 g/mol. The molecular weight excluding hydrogens is 525 g/mol. The minimum absolute atomic E-state index is 0.0359. The minimum Gasteiger partial charge on any atom is -0.493 e. The van der Waals surface area contributed by atoms with E-state index in [-0.39, 0.29) is 22.9 Å². The summed E-state index contributed by atoms with van der Waals surface area (Å²) in [5.74, 6) is -0.947. The zero-order chi connectivity index (χ0) is 28.7. The highest BCUT2D eigenvalue weighted by atomic mass is 32.2. The van der Waals surface area contributed by atoms with Gasteiger partial charge in [-0.15, -0.1) is 0 Å². The van der Waals surface area contributed by atoms with Gasteiger partial charge in [0.15, 0.2) is 11.5 Å². The van der Waals surface area contributed by atoms with E-state index in [0.717, 1.165) is 9.87 Å². The number of rotatable bonds is 11. The Kier molecular flexibility index (Phi) is 9.52. The van der Waals surface area contributed by atoms with Gasteiger partial charge >= 0.3 is 0 Å². The molecule has 11 heteroatoms. The first-order valence-corrected chi connectivity index (χ1v) is 13.5. The van der Waals surface area contributed by atoms with Crippen LogP contribution in [0.4, 0.5) is 10.1 Å². The predicted octanol–water partition coefficient (Wildman–Crippen LogP) is 3.51. The van der Waals surface area contributed by atoms with Crippen LogP contribution in [0.25, 0.3) is 0 Å². The molecule has 3 rings (SSSR count). The van der Waals surface area contributed by atoms with Crippen LogP contribution in [-0.2, 0) is 26.2 Å². The number of benzene rings is 3. The summed E-state index contributed by atoms with van der Waals surface area (Å²) in [7, 11) is -0.0100. The van der Waals surface area contributed by atoms with Crippen molar-refractivity contribution in [2.75, 3.05) is 32.1 Å². The van der Waals surface area contributed by atoms with Gasteiger partial charge in [-0.3, -0.25) is 13.9 Å². The largest absolute Gasteiger partial charge is 0.493 e. The zero-order valence-electron chi connectivity index (χ0n) is 22.5. The SMILES string of the molecule is CNC(=O)C(C)N(Cc1ccc(F)cc1)C(=O)CN(c1ccc(C)cc1)S(=O)(=O)c1ccc(OC)c(OC)c1. The minimum atomic E-state index is -4.28. The fourth-order valence-electron chi connectivity index (χ4n) is 3.92. The van der Waals surface area contributed by atoms with Gasteiger partial charge in [0.25, 0.3) is 10.0 Å². The van der Waals surface area contributed by atoms with Crippen LogP contribution in [0.5, 0.6) is 11.5 Å². The van der Waals surface area contributed by atoms with Crippen molar-refractivity contribution in [1.29, 1.82) is 0 Å². The number of hydrogen-bond acceptors (Lipinski definition) is 6. The first kappa shape index (κ1) is 29.4. The molecule has 2 amide bonds. The Morgan fingerprint density at radius 1 is 0.949 bits per heavy atom. The summed E-state index contributed by atoms with van der Waals surface area (Å²) in [6.07, 6.45) is 0. The number of sulfonamides is 1. The van der Waals surface area contributed by atoms with E-state index in [1.807, 2.05) is 6.92 Å². The van der Waals surface area contributed by atoms with Crippen molar-refractivity contribution in [3.8, 4) is 11.5 Å². The molecule has 1 atom stereocenters. The maximum absolute atomic E-state index is 13.9. The number of anilines is 1. The molecule has 3 aromatic rings. The molecule has 0 heterocycles. The molecule has 208 valence electrons. The molecule has 3 aromatic carbocycles. The molecule has 0 aliphatic rings. The molecule has 9 nitrogen and oxygen atoms in total. The van der Waals surface area contributed by atoms with Crippen LogP contribution >= 0.6 is 0 Å². The van der Waals surface area contributed by atoms with Crippen LogP contribution < -0.4 is 19.1 Å². The van der Waals surface area contributed by atoms with Crippen LogP contribution in [0.15, 0.2) is 71.6 Å².